The Morgan fingerprint density at radius 1 is 1.37 bits per heavy atom. The first-order valence-electron chi connectivity index (χ1n) is 6.90. The highest BCUT2D eigenvalue weighted by molar-refractivity contribution is 5.92. The van der Waals surface area contributed by atoms with Crippen molar-refractivity contribution in [1.82, 2.24) is 15.6 Å². The van der Waals surface area contributed by atoms with Gasteiger partial charge in [-0.3, -0.25) is 9.98 Å². The number of ether oxygens (including phenoxy) is 1. The first kappa shape index (κ1) is 12.6. The summed E-state index contributed by atoms with van der Waals surface area (Å²) in [5, 5.41) is 7.12. The van der Waals surface area contributed by atoms with Gasteiger partial charge < -0.3 is 15.4 Å². The number of aromatic nitrogens is 1. The minimum absolute atomic E-state index is 0.00128. The average molecular weight is 260 g/mol. The predicted molar refractivity (Wildman–Crippen MR) is 74.2 cm³/mol. The highest BCUT2D eigenvalue weighted by Gasteiger charge is 2.38. The molecule has 5 nitrogen and oxygen atoms in total. The Labute approximate surface area is 113 Å². The van der Waals surface area contributed by atoms with Crippen LogP contribution in [0, 0.1) is 0 Å². The summed E-state index contributed by atoms with van der Waals surface area (Å²) in [5.74, 6) is 1.09. The fraction of sp³-hybridized carbons (Fsp3) is 0.571. The van der Waals surface area contributed by atoms with Crippen molar-refractivity contribution >= 4 is 5.84 Å². The maximum Gasteiger partial charge on any atom is 0.117 e. The van der Waals surface area contributed by atoms with Gasteiger partial charge in [0.2, 0.25) is 0 Å². The molecule has 5 heteroatoms. The zero-order chi connectivity index (χ0) is 13.0. The Bertz CT molecular complexity index is 440. The van der Waals surface area contributed by atoms with Crippen LogP contribution in [0.15, 0.2) is 29.5 Å². The number of nitrogens with zero attached hydrogens (tertiary/aromatic N) is 2. The lowest BCUT2D eigenvalue weighted by molar-refractivity contribution is 0.0595. The van der Waals surface area contributed by atoms with Crippen LogP contribution in [0.25, 0.3) is 0 Å². The van der Waals surface area contributed by atoms with E-state index < -0.39 is 0 Å². The van der Waals surface area contributed by atoms with Crippen molar-refractivity contribution in [3.8, 4) is 0 Å². The largest absolute Gasteiger partial charge is 0.381 e. The molecule has 0 atom stereocenters. The second kappa shape index (κ2) is 5.67. The third-order valence-electron chi connectivity index (χ3n) is 3.83. The minimum atomic E-state index is -0.00128. The number of pyridine rings is 1. The van der Waals surface area contributed by atoms with Gasteiger partial charge in [-0.15, -0.1) is 0 Å². The molecule has 3 rings (SSSR count). The van der Waals surface area contributed by atoms with Crippen LogP contribution in [0.2, 0.25) is 0 Å². The number of rotatable bonds is 2. The molecule has 19 heavy (non-hydrogen) atoms. The van der Waals surface area contributed by atoms with Crippen molar-refractivity contribution in [3.05, 3.63) is 30.1 Å². The molecular weight excluding hydrogens is 240 g/mol. The van der Waals surface area contributed by atoms with Gasteiger partial charge in [0.1, 0.15) is 5.84 Å². The molecule has 2 aliphatic heterocycles. The van der Waals surface area contributed by atoms with Crippen LogP contribution >= 0.6 is 0 Å². The van der Waals surface area contributed by atoms with E-state index in [-0.39, 0.29) is 5.54 Å². The van der Waals surface area contributed by atoms with Crippen molar-refractivity contribution in [1.29, 1.82) is 0 Å². The van der Waals surface area contributed by atoms with Gasteiger partial charge in [0.15, 0.2) is 0 Å². The topological polar surface area (TPSA) is 58.5 Å². The summed E-state index contributed by atoms with van der Waals surface area (Å²) in [7, 11) is 0. The summed E-state index contributed by atoms with van der Waals surface area (Å²) in [6, 6.07) is 4.04. The van der Waals surface area contributed by atoms with Crippen molar-refractivity contribution in [2.45, 2.75) is 24.9 Å². The maximum absolute atomic E-state index is 5.48. The summed E-state index contributed by atoms with van der Waals surface area (Å²) in [5.41, 5.74) is 1.18. The third kappa shape index (κ3) is 2.77. The average Bonchev–Trinajstić information content (AvgIpc) is 2.48. The van der Waals surface area contributed by atoms with E-state index in [9.17, 15) is 0 Å². The molecule has 1 spiro atoms. The molecule has 1 saturated heterocycles. The van der Waals surface area contributed by atoms with E-state index in [1.807, 2.05) is 12.3 Å². The summed E-state index contributed by atoms with van der Waals surface area (Å²) in [6.45, 7) is 4.19. The molecule has 102 valence electrons. The zero-order valence-electron chi connectivity index (χ0n) is 11.1. The molecule has 0 bridgehead atoms. The van der Waals surface area contributed by atoms with Gasteiger partial charge >= 0.3 is 0 Å². The molecular formula is C14H20N4O. The standard InChI is InChI=1S/C14H20N4O/c1-2-12(10-15-5-1)11-17-13-14(18-7-6-16-13)3-8-19-9-4-14/h1-2,5,10,18H,3-4,6-9,11H2,(H,16,17). The molecule has 0 aliphatic carbocycles. The summed E-state index contributed by atoms with van der Waals surface area (Å²) in [6.07, 6.45) is 5.67. The summed E-state index contributed by atoms with van der Waals surface area (Å²) < 4.78 is 5.48. The smallest absolute Gasteiger partial charge is 0.117 e. The molecule has 0 saturated carbocycles. The molecule has 2 aliphatic rings. The van der Waals surface area contributed by atoms with Crippen molar-refractivity contribution in [2.24, 2.45) is 4.99 Å². The van der Waals surface area contributed by atoms with Gasteiger partial charge in [-0.25, -0.2) is 0 Å². The molecule has 1 fully saturated rings. The van der Waals surface area contributed by atoms with Crippen LogP contribution in [0.5, 0.6) is 0 Å². The normalized spacial score (nSPS) is 22.0. The van der Waals surface area contributed by atoms with E-state index in [1.54, 1.807) is 6.20 Å². The lowest BCUT2D eigenvalue weighted by atomic mass is 9.87. The van der Waals surface area contributed by atoms with Gasteiger partial charge in [-0.1, -0.05) is 6.07 Å². The lowest BCUT2D eigenvalue weighted by Gasteiger charge is -2.41. The number of aliphatic imine (C=N–C) groups is 1. The van der Waals surface area contributed by atoms with Crippen LogP contribution < -0.4 is 10.6 Å². The van der Waals surface area contributed by atoms with E-state index in [0.29, 0.717) is 0 Å². The molecule has 0 amide bonds. The molecule has 0 aromatic carbocycles. The maximum atomic E-state index is 5.48. The Kier molecular flexibility index (Phi) is 3.75. The van der Waals surface area contributed by atoms with Gasteiger partial charge in [-0.2, -0.15) is 0 Å². The number of nitrogens with one attached hydrogen (secondary N) is 2. The van der Waals surface area contributed by atoms with Gasteiger partial charge in [0.25, 0.3) is 0 Å². The van der Waals surface area contributed by atoms with Crippen LogP contribution in [0.4, 0.5) is 0 Å². The predicted octanol–water partition coefficient (Wildman–Crippen LogP) is 0.722. The Morgan fingerprint density at radius 2 is 2.26 bits per heavy atom. The van der Waals surface area contributed by atoms with Gasteiger partial charge in [-0.05, 0) is 24.5 Å². The highest BCUT2D eigenvalue weighted by Crippen LogP contribution is 2.23. The molecule has 2 N–H and O–H groups in total. The van der Waals surface area contributed by atoms with Gasteiger partial charge in [0.05, 0.1) is 12.1 Å². The summed E-state index contributed by atoms with van der Waals surface area (Å²) >= 11 is 0. The molecule has 1 aromatic heterocycles. The van der Waals surface area contributed by atoms with Crippen LogP contribution in [-0.2, 0) is 11.3 Å². The Morgan fingerprint density at radius 3 is 3.05 bits per heavy atom. The third-order valence-corrected chi connectivity index (χ3v) is 3.83. The quantitative estimate of drug-likeness (QED) is 0.823. The Hall–Kier alpha value is -1.46. The zero-order valence-corrected chi connectivity index (χ0v) is 11.1. The van der Waals surface area contributed by atoms with E-state index in [2.05, 4.69) is 26.7 Å². The van der Waals surface area contributed by atoms with Crippen molar-refractivity contribution < 1.29 is 4.74 Å². The number of hydrogen-bond acceptors (Lipinski definition) is 5. The van der Waals surface area contributed by atoms with E-state index >= 15 is 0 Å². The van der Waals surface area contributed by atoms with Crippen molar-refractivity contribution in [2.75, 3.05) is 26.3 Å². The number of hydrogen-bond donors (Lipinski definition) is 2. The molecule has 0 unspecified atom stereocenters. The number of amidine groups is 1. The van der Waals surface area contributed by atoms with E-state index in [4.69, 9.17) is 4.74 Å². The first-order valence-corrected chi connectivity index (χ1v) is 6.90. The van der Waals surface area contributed by atoms with Crippen LogP contribution in [0.3, 0.4) is 0 Å². The van der Waals surface area contributed by atoms with E-state index in [1.165, 1.54) is 5.56 Å². The molecule has 1 aromatic rings. The van der Waals surface area contributed by atoms with Crippen LogP contribution in [0.1, 0.15) is 18.4 Å². The second-order valence-electron chi connectivity index (χ2n) is 5.07. The molecule has 3 heterocycles. The molecule has 0 radical (unpaired) electrons. The van der Waals surface area contributed by atoms with Crippen molar-refractivity contribution in [3.63, 3.8) is 0 Å². The lowest BCUT2D eigenvalue weighted by Crippen LogP contribution is -2.62. The minimum Gasteiger partial charge on any atom is -0.381 e. The monoisotopic (exact) mass is 260 g/mol. The van der Waals surface area contributed by atoms with E-state index in [0.717, 1.165) is 51.5 Å². The summed E-state index contributed by atoms with van der Waals surface area (Å²) in [4.78, 5) is 8.83. The fourth-order valence-electron chi connectivity index (χ4n) is 2.74. The SMILES string of the molecule is c1cncc(CNC2=NCCNC23CCOCC3)c1. The van der Waals surface area contributed by atoms with Gasteiger partial charge in [0, 0.05) is 38.7 Å². The first-order chi connectivity index (χ1) is 9.39. The van der Waals surface area contributed by atoms with Crippen LogP contribution in [-0.4, -0.2) is 42.7 Å². The Balaban J connectivity index is 1.69. The second-order valence-corrected chi connectivity index (χ2v) is 5.07. The fourth-order valence-corrected chi connectivity index (χ4v) is 2.74. The highest BCUT2D eigenvalue weighted by atomic mass is 16.5.